The fourth-order valence-electron chi connectivity index (χ4n) is 2.76. The Kier molecular flexibility index (Phi) is 4.76. The van der Waals surface area contributed by atoms with Crippen LogP contribution in [0.3, 0.4) is 0 Å². The molecule has 10 heteroatoms. The van der Waals surface area contributed by atoms with Crippen molar-refractivity contribution in [1.82, 2.24) is 24.7 Å². The molecule has 29 heavy (non-hydrogen) atoms. The number of anilines is 2. The summed E-state index contributed by atoms with van der Waals surface area (Å²) in [5.74, 6) is 0.257. The van der Waals surface area contributed by atoms with Crippen LogP contribution in [0.5, 0.6) is 0 Å². The lowest BCUT2D eigenvalue weighted by Gasteiger charge is -2.09. The van der Waals surface area contributed by atoms with Gasteiger partial charge in [0.05, 0.1) is 29.4 Å². The van der Waals surface area contributed by atoms with Crippen molar-refractivity contribution in [3.63, 3.8) is 0 Å². The maximum atomic E-state index is 11.6. The molecule has 0 atom stereocenters. The predicted molar refractivity (Wildman–Crippen MR) is 105 cm³/mol. The number of nitrogens with zero attached hydrogens (tertiary/aromatic N) is 6. The lowest BCUT2D eigenvalue weighted by atomic mass is 10.2. The van der Waals surface area contributed by atoms with Gasteiger partial charge in [-0.15, -0.1) is 0 Å². The molecule has 0 saturated heterocycles. The summed E-state index contributed by atoms with van der Waals surface area (Å²) >= 11 is 6.33. The van der Waals surface area contributed by atoms with E-state index in [-0.39, 0.29) is 5.69 Å². The first-order valence-corrected chi connectivity index (χ1v) is 8.68. The van der Waals surface area contributed by atoms with Crippen molar-refractivity contribution in [2.24, 2.45) is 0 Å². The normalized spacial score (nSPS) is 10.5. The third-order valence-corrected chi connectivity index (χ3v) is 4.39. The van der Waals surface area contributed by atoms with Gasteiger partial charge in [0.2, 0.25) is 0 Å². The molecule has 0 radical (unpaired) electrons. The van der Waals surface area contributed by atoms with Gasteiger partial charge in [0.15, 0.2) is 5.69 Å². The molecule has 0 amide bonds. The number of benzene rings is 1. The predicted octanol–water partition coefficient (Wildman–Crippen LogP) is 3.27. The van der Waals surface area contributed by atoms with E-state index in [0.717, 1.165) is 5.39 Å². The number of hydrogen-bond acceptors (Lipinski definition) is 8. The van der Waals surface area contributed by atoms with Crippen molar-refractivity contribution < 1.29 is 9.53 Å². The van der Waals surface area contributed by atoms with E-state index in [2.05, 4.69) is 36.2 Å². The van der Waals surface area contributed by atoms with Crippen LogP contribution in [0.2, 0.25) is 5.02 Å². The van der Waals surface area contributed by atoms with Gasteiger partial charge >= 0.3 is 5.97 Å². The Morgan fingerprint density at radius 2 is 2.03 bits per heavy atom. The van der Waals surface area contributed by atoms with Crippen molar-refractivity contribution in [2.45, 2.75) is 0 Å². The van der Waals surface area contributed by atoms with E-state index in [9.17, 15) is 10.1 Å². The number of methoxy groups -OCH3 is 1. The van der Waals surface area contributed by atoms with E-state index in [0.29, 0.717) is 33.4 Å². The molecule has 4 rings (SSSR count). The molecule has 0 unspecified atom stereocenters. The average Bonchev–Trinajstić information content (AvgIpc) is 3.16. The van der Waals surface area contributed by atoms with E-state index in [1.807, 2.05) is 0 Å². The van der Waals surface area contributed by atoms with Gasteiger partial charge in [0.25, 0.3) is 0 Å². The van der Waals surface area contributed by atoms with Gasteiger partial charge in [0.1, 0.15) is 29.7 Å². The molecular formula is C19H12ClN7O2. The van der Waals surface area contributed by atoms with E-state index in [4.69, 9.17) is 11.6 Å². The summed E-state index contributed by atoms with van der Waals surface area (Å²) in [5, 5.41) is 18.0. The lowest BCUT2D eigenvalue weighted by molar-refractivity contribution is 0.0594. The van der Waals surface area contributed by atoms with Crippen LogP contribution in [-0.2, 0) is 4.74 Å². The maximum Gasteiger partial charge on any atom is 0.356 e. The van der Waals surface area contributed by atoms with Gasteiger partial charge in [-0.05, 0) is 12.1 Å². The van der Waals surface area contributed by atoms with E-state index in [1.165, 1.54) is 19.5 Å². The Morgan fingerprint density at radius 1 is 1.21 bits per heavy atom. The number of ether oxygens (including phenoxy) is 1. The Balaban J connectivity index is 1.76. The van der Waals surface area contributed by atoms with Gasteiger partial charge in [-0.3, -0.25) is 0 Å². The molecule has 1 N–H and O–H groups in total. The van der Waals surface area contributed by atoms with E-state index < -0.39 is 5.97 Å². The maximum absolute atomic E-state index is 11.6. The zero-order valence-electron chi connectivity index (χ0n) is 15.0. The number of rotatable bonds is 4. The minimum absolute atomic E-state index is 0.117. The molecule has 3 heterocycles. The molecule has 0 saturated carbocycles. The number of aromatic nitrogens is 5. The molecule has 0 spiro atoms. The number of nitriles is 1. The van der Waals surface area contributed by atoms with Crippen molar-refractivity contribution in [1.29, 1.82) is 5.26 Å². The van der Waals surface area contributed by atoms with Gasteiger partial charge < -0.3 is 10.1 Å². The summed E-state index contributed by atoms with van der Waals surface area (Å²) in [6.45, 7) is 0. The first-order chi connectivity index (χ1) is 14.1. The van der Waals surface area contributed by atoms with E-state index >= 15 is 0 Å². The standard InChI is InChI=1S/C19H12ClN7O2/c1-29-19(28)14-5-16(24-10-23-14)26-17-6-15-12(8-22-17)9-25-27(15)18-11(7-21)3-2-4-13(18)20/h2-6,8-10H,1H3,(H,22,23,24,26). The largest absolute Gasteiger partial charge is 0.464 e. The summed E-state index contributed by atoms with van der Waals surface area (Å²) < 4.78 is 6.25. The molecule has 0 aliphatic heterocycles. The number of para-hydroxylation sites is 1. The number of pyridine rings is 1. The van der Waals surface area contributed by atoms with Crippen LogP contribution < -0.4 is 5.32 Å². The molecular weight excluding hydrogens is 394 g/mol. The molecule has 1 aromatic carbocycles. The summed E-state index contributed by atoms with van der Waals surface area (Å²) in [7, 11) is 1.28. The van der Waals surface area contributed by atoms with Crippen molar-refractivity contribution in [3.05, 3.63) is 65.3 Å². The zero-order chi connectivity index (χ0) is 20.4. The molecule has 4 aromatic rings. The smallest absolute Gasteiger partial charge is 0.356 e. The summed E-state index contributed by atoms with van der Waals surface area (Å²) in [5.41, 5.74) is 1.69. The van der Waals surface area contributed by atoms with Crippen LogP contribution in [0.15, 0.2) is 49.1 Å². The highest BCUT2D eigenvalue weighted by molar-refractivity contribution is 6.32. The quantitative estimate of drug-likeness (QED) is 0.514. The Bertz CT molecular complexity index is 1280. The fourth-order valence-corrected chi connectivity index (χ4v) is 3.02. The number of nitrogens with one attached hydrogen (secondary N) is 1. The molecule has 0 fully saturated rings. The topological polar surface area (TPSA) is 119 Å². The monoisotopic (exact) mass is 405 g/mol. The van der Waals surface area contributed by atoms with Crippen LogP contribution in [0.25, 0.3) is 16.6 Å². The number of carbonyl (C=O) groups excluding carboxylic acids is 1. The highest BCUT2D eigenvalue weighted by atomic mass is 35.5. The van der Waals surface area contributed by atoms with Crippen molar-refractivity contribution in [3.8, 4) is 11.8 Å². The minimum Gasteiger partial charge on any atom is -0.464 e. The number of halogens is 1. The fraction of sp³-hybridized carbons (Fsp3) is 0.0526. The van der Waals surface area contributed by atoms with Crippen LogP contribution in [0.1, 0.15) is 16.1 Å². The zero-order valence-corrected chi connectivity index (χ0v) is 15.8. The Morgan fingerprint density at radius 3 is 2.83 bits per heavy atom. The van der Waals surface area contributed by atoms with Crippen LogP contribution in [0.4, 0.5) is 11.6 Å². The molecule has 9 nitrogen and oxygen atoms in total. The third-order valence-electron chi connectivity index (χ3n) is 4.09. The van der Waals surface area contributed by atoms with Crippen LogP contribution in [0, 0.1) is 11.3 Å². The highest BCUT2D eigenvalue weighted by Crippen LogP contribution is 2.28. The lowest BCUT2D eigenvalue weighted by Crippen LogP contribution is -2.06. The second-order valence-electron chi connectivity index (χ2n) is 5.84. The minimum atomic E-state index is -0.570. The van der Waals surface area contributed by atoms with Gasteiger partial charge in [0, 0.05) is 23.7 Å². The number of fused-ring (bicyclic) bond motifs is 1. The SMILES string of the molecule is COC(=O)c1cc(Nc2cc3c(cn2)cnn3-c2c(Cl)cccc2C#N)ncn1. The molecule has 0 aliphatic carbocycles. The number of hydrogen-bond donors (Lipinski definition) is 1. The summed E-state index contributed by atoms with van der Waals surface area (Å²) in [6.07, 6.45) is 4.52. The molecule has 3 aromatic heterocycles. The van der Waals surface area contributed by atoms with Gasteiger partial charge in [-0.1, -0.05) is 17.7 Å². The third kappa shape index (κ3) is 3.44. The van der Waals surface area contributed by atoms with Crippen molar-refractivity contribution in [2.75, 3.05) is 12.4 Å². The van der Waals surface area contributed by atoms with Crippen LogP contribution in [-0.4, -0.2) is 37.8 Å². The first kappa shape index (κ1) is 18.3. The molecule has 142 valence electrons. The average molecular weight is 406 g/mol. The van der Waals surface area contributed by atoms with E-state index in [1.54, 1.807) is 41.3 Å². The van der Waals surface area contributed by atoms with Gasteiger partial charge in [-0.25, -0.2) is 24.4 Å². The number of esters is 1. The molecule has 0 aliphatic rings. The summed E-state index contributed by atoms with van der Waals surface area (Å²) in [4.78, 5) is 23.9. The first-order valence-electron chi connectivity index (χ1n) is 8.31. The van der Waals surface area contributed by atoms with Crippen molar-refractivity contribution >= 4 is 40.1 Å². The number of carbonyl (C=O) groups is 1. The highest BCUT2D eigenvalue weighted by Gasteiger charge is 2.14. The second-order valence-corrected chi connectivity index (χ2v) is 6.24. The summed E-state index contributed by atoms with van der Waals surface area (Å²) in [6, 6.07) is 10.4. The van der Waals surface area contributed by atoms with Gasteiger partial charge in [-0.2, -0.15) is 10.4 Å². The van der Waals surface area contributed by atoms with Crippen LogP contribution >= 0.6 is 11.6 Å². The Labute approximate surface area is 169 Å². The molecule has 0 bridgehead atoms. The Hall–Kier alpha value is -4.03. The second kappa shape index (κ2) is 7.53.